The number of ether oxygens (including phenoxy) is 4. The molecule has 0 radical (unpaired) electrons. The summed E-state index contributed by atoms with van der Waals surface area (Å²) >= 11 is 0. The summed E-state index contributed by atoms with van der Waals surface area (Å²) in [6, 6.07) is 0. The fourth-order valence-electron chi connectivity index (χ4n) is 1.65. The highest BCUT2D eigenvalue weighted by atomic mass is 16.6. The van der Waals surface area contributed by atoms with Gasteiger partial charge in [-0.25, -0.2) is 0 Å². The monoisotopic (exact) mass is 294 g/mol. The van der Waals surface area contributed by atoms with Gasteiger partial charge in [-0.2, -0.15) is 0 Å². The molecule has 0 aliphatic carbocycles. The van der Waals surface area contributed by atoms with Crippen LogP contribution in [0.25, 0.3) is 0 Å². The molecule has 2 N–H and O–H groups in total. The third-order valence-electron chi connectivity index (χ3n) is 2.61. The second kappa shape index (κ2) is 9.65. The maximum absolute atomic E-state index is 10.9. The van der Waals surface area contributed by atoms with Crippen LogP contribution in [0.1, 0.15) is 13.8 Å². The van der Waals surface area contributed by atoms with E-state index in [4.69, 9.17) is 18.9 Å². The average Bonchev–Trinajstić information content (AvgIpc) is 2.38. The van der Waals surface area contributed by atoms with Gasteiger partial charge in [-0.1, -0.05) is 0 Å². The number of aliphatic hydroxyl groups is 2. The van der Waals surface area contributed by atoms with Gasteiger partial charge in [-0.05, 0) is 0 Å². The third kappa shape index (κ3) is 6.29. The Hall–Kier alpha value is -1.22. The summed E-state index contributed by atoms with van der Waals surface area (Å²) in [5, 5.41) is 19.4. The van der Waals surface area contributed by atoms with Crippen molar-refractivity contribution in [3.8, 4) is 0 Å². The number of carbonyl (C=O) groups excluding carboxylic acids is 2. The van der Waals surface area contributed by atoms with Crippen molar-refractivity contribution < 1.29 is 38.7 Å². The summed E-state index contributed by atoms with van der Waals surface area (Å²) in [5.41, 5.74) is 0. The minimum Gasteiger partial charge on any atom is -0.463 e. The topological polar surface area (TPSA) is 112 Å². The Bertz CT molecular complexity index is 306. The van der Waals surface area contributed by atoms with Crippen molar-refractivity contribution in [1.29, 1.82) is 0 Å². The van der Waals surface area contributed by atoms with Gasteiger partial charge >= 0.3 is 11.9 Å². The van der Waals surface area contributed by atoms with Crippen molar-refractivity contribution in [3.63, 3.8) is 0 Å². The normalized spacial score (nSPS) is 16.9. The quantitative estimate of drug-likeness (QED) is 0.514. The van der Waals surface area contributed by atoms with Gasteiger partial charge in [0.25, 0.3) is 0 Å². The zero-order chi connectivity index (χ0) is 15.7. The fourth-order valence-corrected chi connectivity index (χ4v) is 1.65. The van der Waals surface area contributed by atoms with Crippen LogP contribution in [0.5, 0.6) is 0 Å². The van der Waals surface area contributed by atoms with Gasteiger partial charge in [-0.15, -0.1) is 0 Å². The Morgan fingerprint density at radius 2 is 1.65 bits per heavy atom. The van der Waals surface area contributed by atoms with Crippen molar-refractivity contribution in [2.75, 3.05) is 27.4 Å². The summed E-state index contributed by atoms with van der Waals surface area (Å²) in [5.74, 6) is -1.14. The highest BCUT2D eigenvalue weighted by Gasteiger charge is 2.36. The van der Waals surface area contributed by atoms with E-state index in [2.05, 4.69) is 0 Å². The lowest BCUT2D eigenvalue weighted by molar-refractivity contribution is -0.178. The molecule has 0 rings (SSSR count). The molecule has 8 nitrogen and oxygen atoms in total. The largest absolute Gasteiger partial charge is 0.463 e. The lowest BCUT2D eigenvalue weighted by Crippen LogP contribution is -2.50. The lowest BCUT2D eigenvalue weighted by Gasteiger charge is -2.31. The van der Waals surface area contributed by atoms with E-state index < -0.39 is 43.0 Å². The molecule has 0 saturated carbocycles. The zero-order valence-corrected chi connectivity index (χ0v) is 12.1. The van der Waals surface area contributed by atoms with Gasteiger partial charge in [-0.3, -0.25) is 9.59 Å². The van der Waals surface area contributed by atoms with E-state index in [0.29, 0.717) is 0 Å². The second-order valence-electron chi connectivity index (χ2n) is 4.10. The minimum atomic E-state index is -1.26. The number of carbonyl (C=O) groups is 2. The van der Waals surface area contributed by atoms with Crippen molar-refractivity contribution in [1.82, 2.24) is 0 Å². The average molecular weight is 294 g/mol. The van der Waals surface area contributed by atoms with E-state index in [1.165, 1.54) is 28.1 Å². The number of esters is 2. The van der Waals surface area contributed by atoms with Gasteiger partial charge in [0.05, 0.1) is 6.61 Å². The molecule has 8 heteroatoms. The first-order valence-electron chi connectivity index (χ1n) is 6.02. The van der Waals surface area contributed by atoms with Crippen LogP contribution in [0, 0.1) is 0 Å². The molecule has 0 heterocycles. The summed E-state index contributed by atoms with van der Waals surface area (Å²) < 4.78 is 19.7. The molecule has 0 saturated heterocycles. The van der Waals surface area contributed by atoms with Gasteiger partial charge in [0.2, 0.25) is 0 Å². The maximum Gasteiger partial charge on any atom is 0.303 e. The first-order chi connectivity index (χ1) is 9.37. The molecule has 0 aliphatic rings. The Morgan fingerprint density at radius 3 is 2.00 bits per heavy atom. The molecule has 4 atom stereocenters. The minimum absolute atomic E-state index is 0.189. The van der Waals surface area contributed by atoms with E-state index in [-0.39, 0.29) is 6.61 Å². The van der Waals surface area contributed by atoms with Gasteiger partial charge in [0, 0.05) is 28.1 Å². The van der Waals surface area contributed by atoms with E-state index in [0.717, 1.165) is 0 Å². The first kappa shape index (κ1) is 18.8. The summed E-state index contributed by atoms with van der Waals surface area (Å²) in [7, 11) is 2.61. The number of hydrogen-bond acceptors (Lipinski definition) is 8. The number of methoxy groups -OCH3 is 2. The van der Waals surface area contributed by atoms with E-state index in [1.54, 1.807) is 0 Å². The van der Waals surface area contributed by atoms with Crippen LogP contribution < -0.4 is 0 Å². The van der Waals surface area contributed by atoms with E-state index in [9.17, 15) is 19.8 Å². The van der Waals surface area contributed by atoms with Gasteiger partial charge < -0.3 is 29.2 Å². The number of rotatable bonds is 9. The second-order valence-corrected chi connectivity index (χ2v) is 4.10. The maximum atomic E-state index is 10.9. The molecular formula is C12H22O8. The van der Waals surface area contributed by atoms with Gasteiger partial charge in [0.1, 0.15) is 24.9 Å². The van der Waals surface area contributed by atoms with Crippen molar-refractivity contribution in [2.45, 2.75) is 38.3 Å². The van der Waals surface area contributed by atoms with Crippen LogP contribution in [-0.4, -0.2) is 74.0 Å². The molecule has 20 heavy (non-hydrogen) atoms. The van der Waals surface area contributed by atoms with E-state index in [1.807, 2.05) is 0 Å². The lowest BCUT2D eigenvalue weighted by atomic mass is 10.0. The smallest absolute Gasteiger partial charge is 0.303 e. The van der Waals surface area contributed by atoms with Crippen LogP contribution in [0.15, 0.2) is 0 Å². The molecule has 0 aliphatic heterocycles. The molecule has 0 unspecified atom stereocenters. The molecular weight excluding hydrogens is 272 g/mol. The molecule has 118 valence electrons. The van der Waals surface area contributed by atoms with Crippen LogP contribution in [-0.2, 0) is 28.5 Å². The SMILES string of the molecule is CO[C@@H]([C@H](O)[C@@H](COC(C)=O)OC)[C@H](CO)OC(C)=O. The molecule has 0 bridgehead atoms. The summed E-state index contributed by atoms with van der Waals surface area (Å²) in [6.07, 6.45) is -4.22. The number of hydrogen-bond donors (Lipinski definition) is 2. The fraction of sp³-hybridized carbons (Fsp3) is 0.833. The molecule has 0 amide bonds. The molecule has 0 aromatic heterocycles. The molecule has 0 fully saturated rings. The molecule has 0 aromatic carbocycles. The third-order valence-corrected chi connectivity index (χ3v) is 2.61. The van der Waals surface area contributed by atoms with Crippen LogP contribution >= 0.6 is 0 Å². The van der Waals surface area contributed by atoms with Crippen LogP contribution in [0.3, 0.4) is 0 Å². The Kier molecular flexibility index (Phi) is 9.06. The standard InChI is InChI=1S/C12H22O8/c1-7(14)19-6-10(17-3)11(16)12(18-4)9(5-13)20-8(2)15/h9-13,16H,5-6H2,1-4H3/t9-,10+,11+,12+/m0/s1. The van der Waals surface area contributed by atoms with Gasteiger partial charge in [0.15, 0.2) is 6.10 Å². The van der Waals surface area contributed by atoms with Crippen LogP contribution in [0.2, 0.25) is 0 Å². The Labute approximate surface area is 117 Å². The number of aliphatic hydroxyl groups excluding tert-OH is 2. The van der Waals surface area contributed by atoms with Crippen molar-refractivity contribution in [3.05, 3.63) is 0 Å². The van der Waals surface area contributed by atoms with Crippen LogP contribution in [0.4, 0.5) is 0 Å². The molecule has 0 spiro atoms. The first-order valence-corrected chi connectivity index (χ1v) is 6.02. The van der Waals surface area contributed by atoms with Crippen molar-refractivity contribution in [2.24, 2.45) is 0 Å². The Balaban J connectivity index is 4.80. The summed E-state index contributed by atoms with van der Waals surface area (Å²) in [4.78, 5) is 21.7. The van der Waals surface area contributed by atoms with E-state index >= 15 is 0 Å². The molecule has 0 aromatic rings. The predicted molar refractivity (Wildman–Crippen MR) is 66.9 cm³/mol. The highest BCUT2D eigenvalue weighted by molar-refractivity contribution is 5.66. The highest BCUT2D eigenvalue weighted by Crippen LogP contribution is 2.14. The summed E-state index contributed by atoms with van der Waals surface area (Å²) in [6.45, 7) is 1.68. The Morgan fingerprint density at radius 1 is 1.05 bits per heavy atom. The zero-order valence-electron chi connectivity index (χ0n) is 12.1. The van der Waals surface area contributed by atoms with Crippen molar-refractivity contribution >= 4 is 11.9 Å². The predicted octanol–water partition coefficient (Wildman–Crippen LogP) is -1.14.